The van der Waals surface area contributed by atoms with Gasteiger partial charge < -0.3 is 4.57 Å². The number of benzene rings is 1. The first-order valence-electron chi connectivity index (χ1n) is 5.85. The van der Waals surface area contributed by atoms with Gasteiger partial charge in [0.25, 0.3) is 0 Å². The van der Waals surface area contributed by atoms with Crippen LogP contribution in [0.2, 0.25) is 0 Å². The smallest absolute Gasteiger partial charge is 0.112 e. The van der Waals surface area contributed by atoms with E-state index in [0.717, 1.165) is 16.5 Å². The third-order valence-corrected chi connectivity index (χ3v) is 3.72. The quantitative estimate of drug-likeness (QED) is 0.774. The van der Waals surface area contributed by atoms with Gasteiger partial charge in [0.05, 0.1) is 11.0 Å². The standard InChI is InChI=1S/C13H15BrN2/c1-8(2)13-15-11-7-10(14)6-9-4-3-5-16(13)12(9)11/h6-8H,3-5H2,1-2H3. The zero-order valence-corrected chi connectivity index (χ0v) is 11.2. The summed E-state index contributed by atoms with van der Waals surface area (Å²) in [7, 11) is 0. The highest BCUT2D eigenvalue weighted by molar-refractivity contribution is 9.10. The molecule has 0 amide bonds. The first-order valence-corrected chi connectivity index (χ1v) is 6.64. The molecule has 2 nitrogen and oxygen atoms in total. The molecule has 84 valence electrons. The maximum absolute atomic E-state index is 4.78. The van der Waals surface area contributed by atoms with Crippen molar-refractivity contribution in [2.45, 2.75) is 39.2 Å². The number of rotatable bonds is 1. The Kier molecular flexibility index (Phi) is 2.32. The molecule has 1 aliphatic rings. The molecular formula is C13H15BrN2. The summed E-state index contributed by atoms with van der Waals surface area (Å²) in [5, 5.41) is 0. The van der Waals surface area contributed by atoms with Crippen molar-refractivity contribution >= 4 is 27.0 Å². The van der Waals surface area contributed by atoms with E-state index in [2.05, 4.69) is 46.5 Å². The van der Waals surface area contributed by atoms with Gasteiger partial charge in [-0.3, -0.25) is 0 Å². The molecule has 0 spiro atoms. The van der Waals surface area contributed by atoms with Gasteiger partial charge >= 0.3 is 0 Å². The van der Waals surface area contributed by atoms with Crippen LogP contribution in [0.15, 0.2) is 16.6 Å². The molecule has 1 aromatic heterocycles. The van der Waals surface area contributed by atoms with Gasteiger partial charge in [-0.2, -0.15) is 0 Å². The summed E-state index contributed by atoms with van der Waals surface area (Å²) in [5.41, 5.74) is 3.95. The number of aromatic nitrogens is 2. The second kappa shape index (κ2) is 3.59. The molecule has 1 aliphatic heterocycles. The van der Waals surface area contributed by atoms with E-state index in [-0.39, 0.29) is 0 Å². The van der Waals surface area contributed by atoms with Gasteiger partial charge in [-0.25, -0.2) is 4.98 Å². The number of nitrogens with zero attached hydrogens (tertiary/aromatic N) is 2. The molecule has 1 aromatic carbocycles. The summed E-state index contributed by atoms with van der Waals surface area (Å²) < 4.78 is 3.56. The molecule has 0 saturated heterocycles. The summed E-state index contributed by atoms with van der Waals surface area (Å²) in [6, 6.07) is 4.37. The molecule has 16 heavy (non-hydrogen) atoms. The van der Waals surface area contributed by atoms with Gasteiger partial charge in [0.15, 0.2) is 0 Å². The highest BCUT2D eigenvalue weighted by Crippen LogP contribution is 2.31. The molecule has 0 unspecified atom stereocenters. The van der Waals surface area contributed by atoms with Crippen LogP contribution in [0.4, 0.5) is 0 Å². The van der Waals surface area contributed by atoms with Crippen molar-refractivity contribution in [2.24, 2.45) is 0 Å². The molecule has 0 radical (unpaired) electrons. The molecule has 0 N–H and O–H groups in total. The van der Waals surface area contributed by atoms with E-state index >= 15 is 0 Å². The van der Waals surface area contributed by atoms with Crippen LogP contribution in [-0.2, 0) is 13.0 Å². The topological polar surface area (TPSA) is 17.8 Å². The van der Waals surface area contributed by atoms with Gasteiger partial charge in [-0.15, -0.1) is 0 Å². The third-order valence-electron chi connectivity index (χ3n) is 3.26. The monoisotopic (exact) mass is 278 g/mol. The van der Waals surface area contributed by atoms with Gasteiger partial charge in [0.2, 0.25) is 0 Å². The van der Waals surface area contributed by atoms with E-state index < -0.39 is 0 Å². The normalized spacial score (nSPS) is 15.0. The molecular weight excluding hydrogens is 264 g/mol. The number of imidazole rings is 1. The molecule has 3 heteroatoms. The van der Waals surface area contributed by atoms with Crippen LogP contribution in [-0.4, -0.2) is 9.55 Å². The Morgan fingerprint density at radius 3 is 2.94 bits per heavy atom. The van der Waals surface area contributed by atoms with Crippen LogP contribution < -0.4 is 0 Å². The average Bonchev–Trinajstić information content (AvgIpc) is 2.59. The van der Waals surface area contributed by atoms with E-state index in [4.69, 9.17) is 4.98 Å². The Hall–Kier alpha value is -0.830. The number of hydrogen-bond donors (Lipinski definition) is 0. The van der Waals surface area contributed by atoms with Gasteiger partial charge in [-0.05, 0) is 30.5 Å². The lowest BCUT2D eigenvalue weighted by Gasteiger charge is -2.18. The molecule has 0 aliphatic carbocycles. The molecule has 0 saturated carbocycles. The number of hydrogen-bond acceptors (Lipinski definition) is 1. The summed E-state index contributed by atoms with van der Waals surface area (Å²) >= 11 is 3.57. The molecule has 0 atom stereocenters. The van der Waals surface area contributed by atoms with Crippen molar-refractivity contribution in [3.8, 4) is 0 Å². The Balaban J connectivity index is 2.39. The predicted molar refractivity (Wildman–Crippen MR) is 69.8 cm³/mol. The van der Waals surface area contributed by atoms with E-state index in [1.807, 2.05) is 0 Å². The Morgan fingerprint density at radius 2 is 2.19 bits per heavy atom. The molecule has 2 heterocycles. The van der Waals surface area contributed by atoms with Crippen LogP contribution in [0.1, 0.15) is 37.6 Å². The third kappa shape index (κ3) is 1.41. The second-order valence-corrected chi connectivity index (χ2v) is 5.73. The van der Waals surface area contributed by atoms with Crippen molar-refractivity contribution in [3.63, 3.8) is 0 Å². The SMILES string of the molecule is CC(C)c1nc2cc(Br)cc3c2n1CCC3. The van der Waals surface area contributed by atoms with Crippen molar-refractivity contribution in [3.05, 3.63) is 28.0 Å². The van der Waals surface area contributed by atoms with E-state index in [1.165, 1.54) is 29.7 Å². The summed E-state index contributed by atoms with van der Waals surface area (Å²) in [6.07, 6.45) is 2.41. The number of aryl methyl sites for hydroxylation is 2. The highest BCUT2D eigenvalue weighted by atomic mass is 79.9. The van der Waals surface area contributed by atoms with Crippen molar-refractivity contribution < 1.29 is 0 Å². The first kappa shape index (κ1) is 10.3. The Bertz CT molecular complexity index is 555. The average molecular weight is 279 g/mol. The van der Waals surface area contributed by atoms with Gasteiger partial charge in [0.1, 0.15) is 5.82 Å². The fraction of sp³-hybridized carbons (Fsp3) is 0.462. The first-order chi connectivity index (χ1) is 7.66. The Morgan fingerprint density at radius 1 is 1.38 bits per heavy atom. The fourth-order valence-corrected chi connectivity index (χ4v) is 3.11. The predicted octanol–water partition coefficient (Wildman–Crippen LogP) is 3.87. The Labute approximate surface area is 104 Å². The molecule has 0 fully saturated rings. The molecule has 0 bridgehead atoms. The lowest BCUT2D eigenvalue weighted by atomic mass is 10.0. The summed E-state index contributed by atoms with van der Waals surface area (Å²) in [4.78, 5) is 4.78. The van der Waals surface area contributed by atoms with Crippen LogP contribution in [0.25, 0.3) is 11.0 Å². The van der Waals surface area contributed by atoms with E-state index in [1.54, 1.807) is 0 Å². The minimum Gasteiger partial charge on any atom is -0.328 e. The van der Waals surface area contributed by atoms with Gasteiger partial charge in [-0.1, -0.05) is 29.8 Å². The van der Waals surface area contributed by atoms with Gasteiger partial charge in [0, 0.05) is 16.9 Å². The maximum Gasteiger partial charge on any atom is 0.112 e. The minimum absolute atomic E-state index is 0.497. The van der Waals surface area contributed by atoms with Crippen molar-refractivity contribution in [1.29, 1.82) is 0 Å². The fourth-order valence-electron chi connectivity index (χ4n) is 2.62. The lowest BCUT2D eigenvalue weighted by Crippen LogP contribution is -2.11. The van der Waals surface area contributed by atoms with Crippen molar-refractivity contribution in [1.82, 2.24) is 9.55 Å². The molecule has 3 rings (SSSR count). The number of halogens is 1. The zero-order chi connectivity index (χ0) is 11.3. The minimum atomic E-state index is 0.497. The van der Waals surface area contributed by atoms with E-state index in [9.17, 15) is 0 Å². The zero-order valence-electron chi connectivity index (χ0n) is 9.63. The van der Waals surface area contributed by atoms with E-state index in [0.29, 0.717) is 5.92 Å². The largest absolute Gasteiger partial charge is 0.328 e. The van der Waals surface area contributed by atoms with Crippen LogP contribution in [0.3, 0.4) is 0 Å². The summed E-state index contributed by atoms with van der Waals surface area (Å²) in [5.74, 6) is 1.73. The molecule has 2 aromatic rings. The van der Waals surface area contributed by atoms with Crippen LogP contribution >= 0.6 is 15.9 Å². The maximum atomic E-state index is 4.78. The second-order valence-electron chi connectivity index (χ2n) is 4.81. The van der Waals surface area contributed by atoms with Crippen LogP contribution in [0.5, 0.6) is 0 Å². The highest BCUT2D eigenvalue weighted by Gasteiger charge is 2.19. The van der Waals surface area contributed by atoms with Crippen molar-refractivity contribution in [2.75, 3.05) is 0 Å². The van der Waals surface area contributed by atoms with Crippen LogP contribution in [0, 0.1) is 0 Å². The summed E-state index contributed by atoms with van der Waals surface area (Å²) in [6.45, 7) is 5.56. The lowest BCUT2D eigenvalue weighted by molar-refractivity contribution is 0.583.